The Morgan fingerprint density at radius 2 is 2.16 bits per heavy atom. The Bertz CT molecular complexity index is 428. The zero-order valence-corrected chi connectivity index (χ0v) is 12.9. The SMILES string of the molecule is CCc1nc(N2CCC(N(CC)CC)C2)sc1C=O. The van der Waals surface area contributed by atoms with Crippen molar-refractivity contribution >= 4 is 22.8 Å². The van der Waals surface area contributed by atoms with Crippen LogP contribution in [0.2, 0.25) is 0 Å². The Kier molecular flexibility index (Phi) is 4.93. The maximum Gasteiger partial charge on any atom is 0.186 e. The van der Waals surface area contributed by atoms with Gasteiger partial charge in [0, 0.05) is 19.1 Å². The van der Waals surface area contributed by atoms with Crippen molar-refractivity contribution in [2.45, 2.75) is 39.7 Å². The molecule has 1 aromatic heterocycles. The topological polar surface area (TPSA) is 36.4 Å². The summed E-state index contributed by atoms with van der Waals surface area (Å²) in [7, 11) is 0. The molecule has 4 nitrogen and oxygen atoms in total. The molecule has 0 amide bonds. The van der Waals surface area contributed by atoms with E-state index in [0.717, 1.165) is 54.6 Å². The first kappa shape index (κ1) is 14.5. The molecule has 0 bridgehead atoms. The number of nitrogens with zero attached hydrogens (tertiary/aromatic N) is 3. The molecule has 0 radical (unpaired) electrons. The molecule has 1 fully saturated rings. The van der Waals surface area contributed by atoms with Crippen LogP contribution in [0.1, 0.15) is 42.6 Å². The number of hydrogen-bond donors (Lipinski definition) is 0. The molecule has 0 saturated carbocycles. The van der Waals surface area contributed by atoms with E-state index in [0.29, 0.717) is 6.04 Å². The molecule has 106 valence electrons. The highest BCUT2D eigenvalue weighted by molar-refractivity contribution is 7.17. The Morgan fingerprint density at radius 3 is 2.68 bits per heavy atom. The Labute approximate surface area is 119 Å². The first-order valence-corrected chi connectivity index (χ1v) is 7.98. The smallest absolute Gasteiger partial charge is 0.186 e. The predicted molar refractivity (Wildman–Crippen MR) is 80.4 cm³/mol. The van der Waals surface area contributed by atoms with Crippen molar-refractivity contribution in [1.82, 2.24) is 9.88 Å². The second kappa shape index (κ2) is 6.48. The van der Waals surface area contributed by atoms with Crippen molar-refractivity contribution in [1.29, 1.82) is 0 Å². The first-order valence-electron chi connectivity index (χ1n) is 7.17. The molecule has 2 heterocycles. The molecule has 5 heteroatoms. The van der Waals surface area contributed by atoms with Gasteiger partial charge in [-0.3, -0.25) is 9.69 Å². The monoisotopic (exact) mass is 281 g/mol. The lowest BCUT2D eigenvalue weighted by atomic mass is 10.2. The average molecular weight is 281 g/mol. The van der Waals surface area contributed by atoms with Crippen LogP contribution in [0.25, 0.3) is 0 Å². The highest BCUT2D eigenvalue weighted by Crippen LogP contribution is 2.29. The number of anilines is 1. The third kappa shape index (κ3) is 2.98. The number of aldehydes is 1. The zero-order chi connectivity index (χ0) is 13.8. The molecule has 1 atom stereocenters. The second-order valence-electron chi connectivity index (χ2n) is 4.89. The standard InChI is InChI=1S/C14H23N3OS/c1-4-12-13(10-18)19-14(15-12)17-8-7-11(9-17)16(5-2)6-3/h10-11H,4-9H2,1-3H3. The summed E-state index contributed by atoms with van der Waals surface area (Å²) >= 11 is 1.54. The maximum absolute atomic E-state index is 11.0. The van der Waals surface area contributed by atoms with Gasteiger partial charge in [0.15, 0.2) is 11.4 Å². The summed E-state index contributed by atoms with van der Waals surface area (Å²) < 4.78 is 0. The largest absolute Gasteiger partial charge is 0.346 e. The van der Waals surface area contributed by atoms with Gasteiger partial charge in [-0.15, -0.1) is 0 Å². The van der Waals surface area contributed by atoms with E-state index in [1.807, 2.05) is 0 Å². The van der Waals surface area contributed by atoms with Gasteiger partial charge in [-0.25, -0.2) is 4.98 Å². The third-order valence-corrected chi connectivity index (χ3v) is 5.00. The average Bonchev–Trinajstić information content (AvgIpc) is 3.05. The Balaban J connectivity index is 2.08. The minimum Gasteiger partial charge on any atom is -0.346 e. The van der Waals surface area contributed by atoms with Crippen molar-refractivity contribution in [3.63, 3.8) is 0 Å². The second-order valence-corrected chi connectivity index (χ2v) is 5.90. The molecule has 0 aromatic carbocycles. The Morgan fingerprint density at radius 1 is 1.42 bits per heavy atom. The molecule has 1 aliphatic heterocycles. The molecule has 0 N–H and O–H groups in total. The summed E-state index contributed by atoms with van der Waals surface area (Å²) in [6.07, 6.45) is 2.97. The van der Waals surface area contributed by atoms with Gasteiger partial charge < -0.3 is 4.90 Å². The van der Waals surface area contributed by atoms with E-state index in [-0.39, 0.29) is 0 Å². The Hall–Kier alpha value is -0.940. The van der Waals surface area contributed by atoms with Gasteiger partial charge in [-0.1, -0.05) is 32.1 Å². The van der Waals surface area contributed by atoms with E-state index in [9.17, 15) is 4.79 Å². The molecule has 2 rings (SSSR count). The van der Waals surface area contributed by atoms with E-state index in [4.69, 9.17) is 0 Å². The molecule has 0 spiro atoms. The van der Waals surface area contributed by atoms with Crippen LogP contribution >= 0.6 is 11.3 Å². The van der Waals surface area contributed by atoms with Crippen LogP contribution in [0.5, 0.6) is 0 Å². The van der Waals surface area contributed by atoms with E-state index in [2.05, 4.69) is 35.6 Å². The van der Waals surface area contributed by atoms with Crippen LogP contribution in [0.3, 0.4) is 0 Å². The van der Waals surface area contributed by atoms with Crippen LogP contribution < -0.4 is 4.90 Å². The van der Waals surface area contributed by atoms with Crippen molar-refractivity contribution in [2.75, 3.05) is 31.1 Å². The van der Waals surface area contributed by atoms with Crippen molar-refractivity contribution < 1.29 is 4.79 Å². The fraction of sp³-hybridized carbons (Fsp3) is 0.714. The van der Waals surface area contributed by atoms with Gasteiger partial charge >= 0.3 is 0 Å². The summed E-state index contributed by atoms with van der Waals surface area (Å²) in [6, 6.07) is 0.628. The van der Waals surface area contributed by atoms with Crippen molar-refractivity contribution in [3.05, 3.63) is 10.6 Å². The zero-order valence-electron chi connectivity index (χ0n) is 12.1. The number of thiazole rings is 1. The van der Waals surface area contributed by atoms with Crippen LogP contribution in [0.4, 0.5) is 5.13 Å². The van der Waals surface area contributed by atoms with Gasteiger partial charge in [-0.05, 0) is 25.9 Å². The number of carbonyl (C=O) groups excluding carboxylic acids is 1. The number of rotatable bonds is 6. The van der Waals surface area contributed by atoms with Gasteiger partial charge in [-0.2, -0.15) is 0 Å². The first-order chi connectivity index (χ1) is 9.23. The molecule has 1 aromatic rings. The molecule has 0 aliphatic carbocycles. The van der Waals surface area contributed by atoms with E-state index < -0.39 is 0 Å². The van der Waals surface area contributed by atoms with Crippen LogP contribution in [0, 0.1) is 0 Å². The predicted octanol–water partition coefficient (Wildman–Crippen LogP) is 2.44. The fourth-order valence-electron chi connectivity index (χ4n) is 2.78. The summed E-state index contributed by atoms with van der Waals surface area (Å²) in [6.45, 7) is 10.8. The van der Waals surface area contributed by atoms with Crippen molar-refractivity contribution in [3.8, 4) is 0 Å². The highest BCUT2D eigenvalue weighted by Gasteiger charge is 2.28. The maximum atomic E-state index is 11.0. The van der Waals surface area contributed by atoms with E-state index in [1.165, 1.54) is 17.8 Å². The fourth-order valence-corrected chi connectivity index (χ4v) is 3.79. The van der Waals surface area contributed by atoms with Gasteiger partial charge in [0.25, 0.3) is 0 Å². The van der Waals surface area contributed by atoms with Gasteiger partial charge in [0.2, 0.25) is 0 Å². The highest BCUT2D eigenvalue weighted by atomic mass is 32.1. The minimum absolute atomic E-state index is 0.628. The van der Waals surface area contributed by atoms with Crippen LogP contribution in [-0.4, -0.2) is 48.4 Å². The molecule has 1 saturated heterocycles. The minimum atomic E-state index is 0.628. The number of hydrogen-bond acceptors (Lipinski definition) is 5. The molecular formula is C14H23N3OS. The summed E-state index contributed by atoms with van der Waals surface area (Å²) in [5, 5.41) is 1.02. The number of aryl methyl sites for hydroxylation is 1. The molecule has 1 aliphatic rings. The van der Waals surface area contributed by atoms with Crippen LogP contribution in [-0.2, 0) is 6.42 Å². The summed E-state index contributed by atoms with van der Waals surface area (Å²) in [5.74, 6) is 0. The number of aromatic nitrogens is 1. The normalized spacial score (nSPS) is 19.4. The molecule has 1 unspecified atom stereocenters. The third-order valence-electron chi connectivity index (χ3n) is 3.92. The van der Waals surface area contributed by atoms with E-state index >= 15 is 0 Å². The van der Waals surface area contributed by atoms with Gasteiger partial charge in [0.1, 0.15) is 0 Å². The number of carbonyl (C=O) groups is 1. The lowest BCUT2D eigenvalue weighted by Gasteiger charge is -2.25. The lowest BCUT2D eigenvalue weighted by Crippen LogP contribution is -2.37. The van der Waals surface area contributed by atoms with E-state index in [1.54, 1.807) is 0 Å². The molecular weight excluding hydrogens is 258 g/mol. The summed E-state index contributed by atoms with van der Waals surface area (Å²) in [5.41, 5.74) is 0.946. The van der Waals surface area contributed by atoms with Gasteiger partial charge in [0.05, 0.1) is 10.6 Å². The molecule has 19 heavy (non-hydrogen) atoms. The number of likely N-dealkylation sites (N-methyl/N-ethyl adjacent to an activating group) is 1. The van der Waals surface area contributed by atoms with Crippen molar-refractivity contribution in [2.24, 2.45) is 0 Å². The lowest BCUT2D eigenvalue weighted by molar-refractivity contribution is 0.112. The summed E-state index contributed by atoms with van der Waals surface area (Å²) in [4.78, 5) is 21.3. The van der Waals surface area contributed by atoms with Crippen LogP contribution in [0.15, 0.2) is 0 Å². The quantitative estimate of drug-likeness (QED) is 0.750.